The molecule has 0 radical (unpaired) electrons. The van der Waals surface area contributed by atoms with Crippen molar-refractivity contribution in [3.8, 4) is 0 Å². The molecular weight excluding hydrogens is 385 g/mol. The van der Waals surface area contributed by atoms with E-state index in [1.807, 2.05) is 10.8 Å². The number of nitrogen functional groups attached to an aromatic ring is 1. The van der Waals surface area contributed by atoms with Crippen LogP contribution < -0.4 is 17.1 Å². The SMILES string of the molecule is CC(C)(I)n1ccc(N)nc1=NCCCCC(N)C(=O)O. The number of unbranched alkanes of at least 4 members (excludes halogenated alkanes) is 1. The van der Waals surface area contributed by atoms with Crippen LogP contribution in [0.2, 0.25) is 0 Å². The number of carboxylic acids is 1. The number of nitrogens with zero attached hydrogens (tertiary/aromatic N) is 3. The van der Waals surface area contributed by atoms with Gasteiger partial charge in [-0.05, 0) is 39.2 Å². The summed E-state index contributed by atoms with van der Waals surface area (Å²) in [6, 6.07) is 0.944. The Morgan fingerprint density at radius 2 is 2.24 bits per heavy atom. The molecule has 118 valence electrons. The Morgan fingerprint density at radius 3 is 2.81 bits per heavy atom. The fourth-order valence-corrected chi connectivity index (χ4v) is 2.11. The van der Waals surface area contributed by atoms with Crippen molar-refractivity contribution in [1.82, 2.24) is 9.55 Å². The molecule has 5 N–H and O–H groups in total. The quantitative estimate of drug-likeness (QED) is 0.355. The lowest BCUT2D eigenvalue weighted by Gasteiger charge is -2.21. The number of nitrogens with two attached hydrogens (primary N) is 2. The summed E-state index contributed by atoms with van der Waals surface area (Å²) >= 11 is 2.30. The van der Waals surface area contributed by atoms with Gasteiger partial charge in [0, 0.05) is 12.7 Å². The third kappa shape index (κ3) is 6.00. The number of carboxylic acid groups (broad SMARTS) is 1. The van der Waals surface area contributed by atoms with E-state index in [-0.39, 0.29) is 3.55 Å². The number of carbonyl (C=O) groups is 1. The Hall–Kier alpha value is -1.16. The molecule has 1 atom stereocenters. The first-order valence-electron chi connectivity index (χ1n) is 6.75. The summed E-state index contributed by atoms with van der Waals surface area (Å²) in [4.78, 5) is 19.3. The van der Waals surface area contributed by atoms with Crippen molar-refractivity contribution in [3.05, 3.63) is 17.9 Å². The predicted molar refractivity (Wildman–Crippen MR) is 89.9 cm³/mol. The minimum Gasteiger partial charge on any atom is -0.480 e. The van der Waals surface area contributed by atoms with Gasteiger partial charge < -0.3 is 21.1 Å². The Morgan fingerprint density at radius 1 is 1.57 bits per heavy atom. The third-order valence-corrected chi connectivity index (χ3v) is 3.43. The molecule has 0 fully saturated rings. The summed E-state index contributed by atoms with van der Waals surface area (Å²) in [6.45, 7) is 4.67. The van der Waals surface area contributed by atoms with E-state index >= 15 is 0 Å². The average Bonchev–Trinajstić information content (AvgIpc) is 2.36. The molecule has 1 aromatic heterocycles. The molecule has 0 aliphatic rings. The molecule has 0 spiro atoms. The van der Waals surface area contributed by atoms with E-state index < -0.39 is 12.0 Å². The number of hydrogen-bond acceptors (Lipinski definition) is 5. The summed E-state index contributed by atoms with van der Waals surface area (Å²) in [6.07, 6.45) is 3.80. The minimum atomic E-state index is -0.964. The molecule has 7 nitrogen and oxygen atoms in total. The molecule has 1 heterocycles. The van der Waals surface area contributed by atoms with Gasteiger partial charge in [-0.2, -0.15) is 4.98 Å². The zero-order valence-electron chi connectivity index (χ0n) is 12.3. The number of aliphatic carboxylic acids is 1. The van der Waals surface area contributed by atoms with Crippen LogP contribution in [0.4, 0.5) is 5.82 Å². The van der Waals surface area contributed by atoms with Crippen molar-refractivity contribution in [2.75, 3.05) is 12.3 Å². The topological polar surface area (TPSA) is 120 Å². The second kappa shape index (κ2) is 7.74. The second-order valence-electron chi connectivity index (χ2n) is 5.25. The van der Waals surface area contributed by atoms with Crippen molar-refractivity contribution < 1.29 is 9.90 Å². The smallest absolute Gasteiger partial charge is 0.320 e. The highest BCUT2D eigenvalue weighted by Crippen LogP contribution is 2.21. The van der Waals surface area contributed by atoms with Crippen LogP contribution in [0, 0.1) is 0 Å². The Labute approximate surface area is 137 Å². The monoisotopic (exact) mass is 407 g/mol. The van der Waals surface area contributed by atoms with Crippen molar-refractivity contribution in [2.24, 2.45) is 10.7 Å². The second-order valence-corrected chi connectivity index (χ2v) is 7.89. The summed E-state index contributed by atoms with van der Waals surface area (Å²) in [5.41, 5.74) is 11.7. The molecule has 0 aliphatic carbocycles. The van der Waals surface area contributed by atoms with Crippen molar-refractivity contribution in [2.45, 2.75) is 42.7 Å². The highest BCUT2D eigenvalue weighted by molar-refractivity contribution is 14.1. The summed E-state index contributed by atoms with van der Waals surface area (Å²) in [5.74, 6) is -0.535. The van der Waals surface area contributed by atoms with E-state index in [1.54, 1.807) is 6.07 Å². The zero-order chi connectivity index (χ0) is 16.0. The largest absolute Gasteiger partial charge is 0.480 e. The molecule has 1 aromatic rings. The number of hydrogen-bond donors (Lipinski definition) is 3. The van der Waals surface area contributed by atoms with Crippen LogP contribution in [0.5, 0.6) is 0 Å². The van der Waals surface area contributed by atoms with Gasteiger partial charge in [0.15, 0.2) is 0 Å². The average molecular weight is 407 g/mol. The van der Waals surface area contributed by atoms with Gasteiger partial charge in [-0.1, -0.05) is 22.6 Å². The normalized spacial score (nSPS) is 14.2. The van der Waals surface area contributed by atoms with Gasteiger partial charge in [0.2, 0.25) is 5.62 Å². The van der Waals surface area contributed by atoms with Gasteiger partial charge in [-0.3, -0.25) is 9.79 Å². The fourth-order valence-electron chi connectivity index (χ4n) is 1.73. The molecule has 0 aromatic carbocycles. The molecule has 0 bridgehead atoms. The van der Waals surface area contributed by atoms with Crippen LogP contribution in [0.25, 0.3) is 0 Å². The zero-order valence-corrected chi connectivity index (χ0v) is 14.4. The van der Waals surface area contributed by atoms with Crippen molar-refractivity contribution >= 4 is 34.4 Å². The number of halogens is 1. The van der Waals surface area contributed by atoms with E-state index in [2.05, 4.69) is 46.4 Å². The van der Waals surface area contributed by atoms with E-state index in [9.17, 15) is 4.79 Å². The van der Waals surface area contributed by atoms with Gasteiger partial charge in [-0.15, -0.1) is 0 Å². The molecular formula is C13H22IN5O2. The number of anilines is 1. The van der Waals surface area contributed by atoms with Gasteiger partial charge in [0.1, 0.15) is 11.9 Å². The molecule has 0 aliphatic heterocycles. The molecule has 1 unspecified atom stereocenters. The summed E-state index contributed by atoms with van der Waals surface area (Å²) in [5, 5.41) is 8.70. The molecule has 8 heteroatoms. The molecule has 0 saturated carbocycles. The molecule has 0 amide bonds. The number of alkyl halides is 1. The first-order chi connectivity index (χ1) is 9.71. The van der Waals surface area contributed by atoms with Gasteiger partial charge in [-0.25, -0.2) is 0 Å². The summed E-state index contributed by atoms with van der Waals surface area (Å²) < 4.78 is 1.79. The van der Waals surface area contributed by atoms with Crippen molar-refractivity contribution in [1.29, 1.82) is 0 Å². The Balaban J connectivity index is 2.68. The summed E-state index contributed by atoms with van der Waals surface area (Å²) in [7, 11) is 0. The lowest BCUT2D eigenvalue weighted by atomic mass is 10.1. The maximum absolute atomic E-state index is 10.6. The van der Waals surface area contributed by atoms with Crippen LogP contribution in [-0.4, -0.2) is 33.2 Å². The highest BCUT2D eigenvalue weighted by Gasteiger charge is 2.15. The van der Waals surface area contributed by atoms with Gasteiger partial charge in [0.05, 0.1) is 3.55 Å². The number of aromatic nitrogens is 2. The first kappa shape index (κ1) is 17.9. The Bertz CT molecular complexity index is 550. The van der Waals surface area contributed by atoms with E-state index in [1.165, 1.54) is 0 Å². The van der Waals surface area contributed by atoms with E-state index in [4.69, 9.17) is 16.6 Å². The van der Waals surface area contributed by atoms with E-state index in [0.29, 0.717) is 30.8 Å². The van der Waals surface area contributed by atoms with Crippen molar-refractivity contribution in [3.63, 3.8) is 0 Å². The van der Waals surface area contributed by atoms with Crippen LogP contribution in [0.15, 0.2) is 17.3 Å². The van der Waals surface area contributed by atoms with E-state index in [0.717, 1.165) is 6.42 Å². The van der Waals surface area contributed by atoms with Crippen LogP contribution in [-0.2, 0) is 8.34 Å². The third-order valence-electron chi connectivity index (χ3n) is 2.91. The predicted octanol–water partition coefficient (Wildman–Crippen LogP) is 1.08. The lowest BCUT2D eigenvalue weighted by molar-refractivity contribution is -0.138. The standard InChI is InChI=1S/C13H22IN5O2/c1-13(2,14)19-8-6-10(16)18-12(19)17-7-4-3-5-9(15)11(20)21/h6,8-9H,3-5,7,15H2,1-2H3,(H,20,21)(H2,16,17,18). The van der Waals surface area contributed by atoms with Crippen LogP contribution in [0.3, 0.4) is 0 Å². The maximum atomic E-state index is 10.6. The molecule has 0 saturated heterocycles. The highest BCUT2D eigenvalue weighted by atomic mass is 127. The molecule has 21 heavy (non-hydrogen) atoms. The Kier molecular flexibility index (Phi) is 6.59. The maximum Gasteiger partial charge on any atom is 0.320 e. The molecule has 1 rings (SSSR count). The minimum absolute atomic E-state index is 0.164. The van der Waals surface area contributed by atoms with Gasteiger partial charge in [0.25, 0.3) is 0 Å². The lowest BCUT2D eigenvalue weighted by Crippen LogP contribution is -2.34. The van der Waals surface area contributed by atoms with Crippen LogP contribution in [0.1, 0.15) is 33.1 Å². The van der Waals surface area contributed by atoms with Crippen LogP contribution >= 0.6 is 22.6 Å². The first-order valence-corrected chi connectivity index (χ1v) is 7.83. The number of rotatable bonds is 7. The fraction of sp³-hybridized carbons (Fsp3) is 0.615. The van der Waals surface area contributed by atoms with Gasteiger partial charge >= 0.3 is 5.97 Å².